The summed E-state index contributed by atoms with van der Waals surface area (Å²) < 4.78 is 1.85. The summed E-state index contributed by atoms with van der Waals surface area (Å²) in [7, 11) is 0. The monoisotopic (exact) mass is 400 g/mol. The van der Waals surface area contributed by atoms with Crippen molar-refractivity contribution < 1.29 is 9.59 Å². The number of benzene rings is 2. The van der Waals surface area contributed by atoms with Crippen molar-refractivity contribution in [1.29, 1.82) is 0 Å². The summed E-state index contributed by atoms with van der Waals surface area (Å²) in [5.74, 6) is 0.0119. The molecule has 1 aliphatic heterocycles. The summed E-state index contributed by atoms with van der Waals surface area (Å²) in [6.45, 7) is 1.91. The highest BCUT2D eigenvalue weighted by atomic mass is 16.2. The van der Waals surface area contributed by atoms with Gasteiger partial charge in [-0.1, -0.05) is 42.5 Å². The number of nitrogens with zero attached hydrogens (tertiary/aromatic N) is 3. The molecule has 6 heteroatoms. The number of carbonyl (C=O) groups is 2. The summed E-state index contributed by atoms with van der Waals surface area (Å²) in [4.78, 5) is 25.7. The van der Waals surface area contributed by atoms with E-state index in [0.717, 1.165) is 29.8 Å². The van der Waals surface area contributed by atoms with Crippen molar-refractivity contribution in [2.24, 2.45) is 0 Å². The molecule has 1 saturated heterocycles. The maximum absolute atomic E-state index is 12.1. The molecular weight excluding hydrogens is 376 g/mol. The molecule has 30 heavy (non-hydrogen) atoms. The molecule has 0 saturated carbocycles. The van der Waals surface area contributed by atoms with Crippen molar-refractivity contribution >= 4 is 23.6 Å². The summed E-state index contributed by atoms with van der Waals surface area (Å²) >= 11 is 0. The van der Waals surface area contributed by atoms with E-state index < -0.39 is 0 Å². The highest BCUT2D eigenvalue weighted by Gasteiger charge is 2.21. The molecule has 1 aliphatic rings. The molecule has 0 atom stereocenters. The average molecular weight is 400 g/mol. The molecule has 0 unspecified atom stereocenters. The van der Waals surface area contributed by atoms with Crippen molar-refractivity contribution in [3.63, 3.8) is 0 Å². The fourth-order valence-electron chi connectivity index (χ4n) is 3.46. The first-order valence-electron chi connectivity index (χ1n) is 10.1. The van der Waals surface area contributed by atoms with E-state index >= 15 is 0 Å². The minimum Gasteiger partial charge on any atom is -0.348 e. The molecule has 0 spiro atoms. The smallest absolute Gasteiger partial charge is 0.244 e. The van der Waals surface area contributed by atoms with Crippen molar-refractivity contribution in [2.45, 2.75) is 25.9 Å². The lowest BCUT2D eigenvalue weighted by Gasteiger charge is -2.15. The van der Waals surface area contributed by atoms with Gasteiger partial charge in [0.25, 0.3) is 0 Å². The van der Waals surface area contributed by atoms with Crippen molar-refractivity contribution in [2.75, 3.05) is 11.4 Å². The number of carbonyl (C=O) groups excluding carboxylic acids is 2. The number of hydrogen-bond donors (Lipinski definition) is 1. The Morgan fingerprint density at radius 2 is 1.87 bits per heavy atom. The third-order valence-corrected chi connectivity index (χ3v) is 5.06. The Kier molecular flexibility index (Phi) is 6.03. The summed E-state index contributed by atoms with van der Waals surface area (Å²) in [6, 6.07) is 17.9. The van der Waals surface area contributed by atoms with Gasteiger partial charge in [0.2, 0.25) is 11.8 Å². The molecule has 2 heterocycles. The van der Waals surface area contributed by atoms with E-state index in [1.807, 2.05) is 58.2 Å². The normalized spacial score (nSPS) is 13.9. The molecule has 1 N–H and O–H groups in total. The van der Waals surface area contributed by atoms with E-state index in [-0.39, 0.29) is 11.8 Å². The maximum atomic E-state index is 12.1. The summed E-state index contributed by atoms with van der Waals surface area (Å²) in [5, 5.41) is 7.22. The van der Waals surface area contributed by atoms with Crippen LogP contribution in [0.3, 0.4) is 0 Å². The molecule has 4 rings (SSSR count). The fraction of sp³-hybridized carbons (Fsp3) is 0.208. The Morgan fingerprint density at radius 3 is 2.60 bits per heavy atom. The molecule has 1 aromatic heterocycles. The predicted octanol–water partition coefficient (Wildman–Crippen LogP) is 3.39. The van der Waals surface area contributed by atoms with Crippen molar-refractivity contribution in [1.82, 2.24) is 15.1 Å². The van der Waals surface area contributed by atoms with Crippen LogP contribution < -0.4 is 10.2 Å². The highest BCUT2D eigenvalue weighted by molar-refractivity contribution is 5.95. The molecule has 0 aliphatic carbocycles. The van der Waals surface area contributed by atoms with Gasteiger partial charge < -0.3 is 10.2 Å². The van der Waals surface area contributed by atoms with Crippen LogP contribution in [0, 0.1) is 0 Å². The van der Waals surface area contributed by atoms with Gasteiger partial charge in [0.1, 0.15) is 0 Å². The molecule has 152 valence electrons. The standard InChI is InChI=1S/C24H24N4O2/c29-23(13-10-21-16-26-27(18-21)17-20-5-2-1-3-6-20)25-15-19-8-11-22(12-9-19)28-14-4-7-24(28)30/h1-3,5-6,8-13,16,18H,4,7,14-15,17H2,(H,25,29)/b13-10+. The third-order valence-electron chi connectivity index (χ3n) is 5.06. The first-order valence-corrected chi connectivity index (χ1v) is 10.1. The minimum atomic E-state index is -0.162. The quantitative estimate of drug-likeness (QED) is 0.618. The minimum absolute atomic E-state index is 0.162. The SMILES string of the molecule is O=C(/C=C/c1cnn(Cc2ccccc2)c1)NCc1ccc(N2CCCC2=O)cc1. The fourth-order valence-corrected chi connectivity index (χ4v) is 3.46. The van der Waals surface area contributed by atoms with Crippen LogP contribution in [0.25, 0.3) is 6.08 Å². The third kappa shape index (κ3) is 5.03. The van der Waals surface area contributed by atoms with E-state index in [2.05, 4.69) is 22.5 Å². The summed E-state index contributed by atoms with van der Waals surface area (Å²) in [5.41, 5.74) is 3.96. The highest BCUT2D eigenvalue weighted by Crippen LogP contribution is 2.21. The second kappa shape index (κ2) is 9.22. The second-order valence-electron chi connectivity index (χ2n) is 7.32. The number of rotatable bonds is 7. The predicted molar refractivity (Wildman–Crippen MR) is 117 cm³/mol. The van der Waals surface area contributed by atoms with Crippen molar-refractivity contribution in [3.8, 4) is 0 Å². The Hall–Kier alpha value is -3.67. The molecule has 2 aromatic carbocycles. The van der Waals surface area contributed by atoms with Gasteiger partial charge >= 0.3 is 0 Å². The Balaban J connectivity index is 1.26. The van der Waals surface area contributed by atoms with Crippen LogP contribution in [0.15, 0.2) is 73.1 Å². The van der Waals surface area contributed by atoms with Gasteiger partial charge in [0, 0.05) is 43.0 Å². The first-order chi connectivity index (χ1) is 14.7. The molecule has 6 nitrogen and oxygen atoms in total. The number of anilines is 1. The lowest BCUT2D eigenvalue weighted by Crippen LogP contribution is -2.23. The van der Waals surface area contributed by atoms with Gasteiger partial charge in [-0.25, -0.2) is 0 Å². The zero-order valence-corrected chi connectivity index (χ0v) is 16.7. The summed E-state index contributed by atoms with van der Waals surface area (Å²) in [6.07, 6.45) is 8.46. The maximum Gasteiger partial charge on any atom is 0.244 e. The van der Waals surface area contributed by atoms with Crippen LogP contribution in [-0.4, -0.2) is 28.1 Å². The molecule has 0 bridgehead atoms. The van der Waals surface area contributed by atoms with Crippen LogP contribution in [0.2, 0.25) is 0 Å². The van der Waals surface area contributed by atoms with Crippen LogP contribution >= 0.6 is 0 Å². The molecule has 0 radical (unpaired) electrons. The van der Waals surface area contributed by atoms with E-state index in [1.165, 1.54) is 11.6 Å². The molecule has 3 aromatic rings. The Labute approximate surface area is 175 Å². The number of aromatic nitrogens is 2. The van der Waals surface area contributed by atoms with Gasteiger partial charge in [-0.2, -0.15) is 5.10 Å². The van der Waals surface area contributed by atoms with E-state index in [0.29, 0.717) is 19.5 Å². The van der Waals surface area contributed by atoms with Crippen molar-refractivity contribution in [3.05, 3.63) is 89.8 Å². The lowest BCUT2D eigenvalue weighted by molar-refractivity contribution is -0.117. The molecular formula is C24H24N4O2. The van der Waals surface area contributed by atoms with Gasteiger partial charge in [0.05, 0.1) is 12.7 Å². The van der Waals surface area contributed by atoms with Crippen LogP contribution in [0.4, 0.5) is 5.69 Å². The van der Waals surface area contributed by atoms with Gasteiger partial charge in [-0.05, 0) is 35.8 Å². The Morgan fingerprint density at radius 1 is 1.07 bits per heavy atom. The average Bonchev–Trinajstić information content (AvgIpc) is 3.40. The number of amides is 2. The van der Waals surface area contributed by atoms with E-state index in [9.17, 15) is 9.59 Å². The first kappa shape index (κ1) is 19.6. The second-order valence-corrected chi connectivity index (χ2v) is 7.32. The van der Waals surface area contributed by atoms with Crippen LogP contribution in [-0.2, 0) is 22.7 Å². The van der Waals surface area contributed by atoms with Crippen LogP contribution in [0.1, 0.15) is 29.5 Å². The van der Waals surface area contributed by atoms with Crippen LogP contribution in [0.5, 0.6) is 0 Å². The largest absolute Gasteiger partial charge is 0.348 e. The van der Waals surface area contributed by atoms with Gasteiger partial charge in [0.15, 0.2) is 0 Å². The topological polar surface area (TPSA) is 67.2 Å². The number of hydrogen-bond acceptors (Lipinski definition) is 3. The van der Waals surface area contributed by atoms with E-state index in [4.69, 9.17) is 0 Å². The zero-order valence-electron chi connectivity index (χ0n) is 16.7. The number of nitrogens with one attached hydrogen (secondary N) is 1. The van der Waals surface area contributed by atoms with Gasteiger partial charge in [-0.3, -0.25) is 14.3 Å². The molecule has 1 fully saturated rings. The Bertz CT molecular complexity index is 1040. The molecule has 2 amide bonds. The zero-order chi connectivity index (χ0) is 20.8. The van der Waals surface area contributed by atoms with Gasteiger partial charge in [-0.15, -0.1) is 0 Å². The van der Waals surface area contributed by atoms with E-state index in [1.54, 1.807) is 12.3 Å². The lowest BCUT2D eigenvalue weighted by atomic mass is 10.2.